The predicted octanol–water partition coefficient (Wildman–Crippen LogP) is 2.44. The molecular formula is C10H11ClN2O2S2. The lowest BCUT2D eigenvalue weighted by Crippen LogP contribution is -1.98. The number of hydrogen-bond acceptors (Lipinski definition) is 5. The minimum Gasteiger partial charge on any atom is -0.365 e. The summed E-state index contributed by atoms with van der Waals surface area (Å²) in [6.45, 7) is 0. The van der Waals surface area contributed by atoms with Crippen LogP contribution < -0.4 is 5.32 Å². The topological polar surface area (TPSA) is 59.1 Å². The first-order chi connectivity index (χ1) is 7.64. The van der Waals surface area contributed by atoms with Crippen molar-refractivity contribution in [1.82, 2.24) is 4.98 Å². The van der Waals surface area contributed by atoms with Crippen LogP contribution in [0.3, 0.4) is 0 Å². The third kappa shape index (κ3) is 2.77. The van der Waals surface area contributed by atoms with Gasteiger partial charge in [0.15, 0.2) is 5.13 Å². The van der Waals surface area contributed by atoms with Crippen LogP contribution in [-0.4, -0.2) is 20.4 Å². The maximum Gasteiger partial charge on any atom is 0.217 e. The highest BCUT2D eigenvalue weighted by molar-refractivity contribution is 7.93. The van der Waals surface area contributed by atoms with Gasteiger partial charge in [-0.25, -0.2) is 13.4 Å². The van der Waals surface area contributed by atoms with Crippen molar-refractivity contribution >= 4 is 38.7 Å². The highest BCUT2D eigenvalue weighted by Gasteiger charge is 2.20. The van der Waals surface area contributed by atoms with Crippen LogP contribution in [0.2, 0.25) is 0 Å². The van der Waals surface area contributed by atoms with E-state index in [2.05, 4.69) is 10.3 Å². The lowest BCUT2D eigenvalue weighted by molar-refractivity contribution is 0.598. The number of hydrogen-bond donors (Lipinski definition) is 1. The van der Waals surface area contributed by atoms with Crippen molar-refractivity contribution in [1.29, 1.82) is 0 Å². The molecule has 0 saturated heterocycles. The van der Waals surface area contributed by atoms with E-state index in [0.29, 0.717) is 10.0 Å². The molecule has 92 valence electrons. The Bertz CT molecular complexity index is 581. The van der Waals surface area contributed by atoms with Crippen LogP contribution in [0.15, 0.2) is 45.6 Å². The lowest BCUT2D eigenvalue weighted by Gasteiger charge is -1.99. The number of halogens is 1. The Morgan fingerprint density at radius 1 is 1.24 bits per heavy atom. The van der Waals surface area contributed by atoms with Crippen molar-refractivity contribution in [2.24, 2.45) is 0 Å². The summed E-state index contributed by atoms with van der Waals surface area (Å²) in [4.78, 5) is 4.25. The lowest BCUT2D eigenvalue weighted by atomic mass is 10.4. The third-order valence-electron chi connectivity index (χ3n) is 2.02. The molecule has 2 aromatic rings. The summed E-state index contributed by atoms with van der Waals surface area (Å²) in [5, 5.41) is 3.41. The van der Waals surface area contributed by atoms with Crippen LogP contribution in [0.5, 0.6) is 0 Å². The van der Waals surface area contributed by atoms with Gasteiger partial charge in [-0.15, -0.1) is 12.4 Å². The van der Waals surface area contributed by atoms with Gasteiger partial charge in [-0.3, -0.25) is 0 Å². The molecular weight excluding hydrogens is 280 g/mol. The number of rotatable bonds is 3. The van der Waals surface area contributed by atoms with Crippen LogP contribution in [0, 0.1) is 0 Å². The Labute approximate surface area is 110 Å². The maximum absolute atomic E-state index is 12.1. The second kappa shape index (κ2) is 5.48. The summed E-state index contributed by atoms with van der Waals surface area (Å²) in [7, 11) is -1.71. The van der Waals surface area contributed by atoms with E-state index in [1.54, 1.807) is 37.4 Å². The second-order valence-electron chi connectivity index (χ2n) is 3.05. The SMILES string of the molecule is CNc1ncc(S(=O)(=O)c2ccccc2)s1.Cl. The fourth-order valence-corrected chi connectivity index (χ4v) is 3.62. The van der Waals surface area contributed by atoms with Crippen molar-refractivity contribution in [2.75, 3.05) is 12.4 Å². The highest BCUT2D eigenvalue weighted by atomic mass is 35.5. The number of aromatic nitrogens is 1. The molecule has 0 aliphatic rings. The van der Waals surface area contributed by atoms with Gasteiger partial charge in [0.2, 0.25) is 9.84 Å². The minimum absolute atomic E-state index is 0. The van der Waals surface area contributed by atoms with Gasteiger partial charge in [-0.2, -0.15) is 0 Å². The van der Waals surface area contributed by atoms with Crippen LogP contribution in [0.4, 0.5) is 5.13 Å². The Balaban J connectivity index is 0.00000144. The zero-order chi connectivity index (χ0) is 11.6. The molecule has 0 aliphatic heterocycles. The van der Waals surface area contributed by atoms with Crippen molar-refractivity contribution in [3.8, 4) is 0 Å². The molecule has 2 rings (SSSR count). The van der Waals surface area contributed by atoms with Crippen molar-refractivity contribution < 1.29 is 8.42 Å². The molecule has 0 radical (unpaired) electrons. The number of thiazole rings is 1. The van der Waals surface area contributed by atoms with E-state index in [1.807, 2.05) is 0 Å². The van der Waals surface area contributed by atoms with E-state index in [-0.39, 0.29) is 16.6 Å². The molecule has 0 saturated carbocycles. The zero-order valence-electron chi connectivity index (χ0n) is 8.95. The van der Waals surface area contributed by atoms with Crippen LogP contribution in [-0.2, 0) is 9.84 Å². The summed E-state index contributed by atoms with van der Waals surface area (Å²) < 4.78 is 24.5. The Morgan fingerprint density at radius 3 is 2.41 bits per heavy atom. The van der Waals surface area contributed by atoms with Gasteiger partial charge in [-0.1, -0.05) is 29.5 Å². The maximum atomic E-state index is 12.1. The van der Waals surface area contributed by atoms with Crippen molar-refractivity contribution in [3.63, 3.8) is 0 Å². The normalized spacial score (nSPS) is 10.6. The fraction of sp³-hybridized carbons (Fsp3) is 0.100. The summed E-state index contributed by atoms with van der Waals surface area (Å²) in [5.74, 6) is 0. The summed E-state index contributed by atoms with van der Waals surface area (Å²) in [6, 6.07) is 8.34. The smallest absolute Gasteiger partial charge is 0.217 e. The average Bonchev–Trinajstić information content (AvgIpc) is 2.79. The third-order valence-corrected chi connectivity index (χ3v) is 5.26. The standard InChI is InChI=1S/C10H10N2O2S2.ClH/c1-11-10-12-7-9(15-10)16(13,14)8-5-3-2-4-6-8;/h2-7H,1H3,(H,11,12);1H. The van der Waals surface area contributed by atoms with Gasteiger partial charge < -0.3 is 5.32 Å². The second-order valence-corrected chi connectivity index (χ2v) is 6.26. The van der Waals surface area contributed by atoms with E-state index in [4.69, 9.17) is 0 Å². The van der Waals surface area contributed by atoms with Crippen LogP contribution >= 0.6 is 23.7 Å². The van der Waals surface area contributed by atoms with Crippen LogP contribution in [0.25, 0.3) is 0 Å². The molecule has 1 aromatic carbocycles. The molecule has 1 heterocycles. The predicted molar refractivity (Wildman–Crippen MR) is 70.8 cm³/mol. The monoisotopic (exact) mass is 290 g/mol. The van der Waals surface area contributed by atoms with Gasteiger partial charge in [0, 0.05) is 7.05 Å². The van der Waals surface area contributed by atoms with Gasteiger partial charge in [-0.05, 0) is 12.1 Å². The van der Waals surface area contributed by atoms with Crippen LogP contribution in [0.1, 0.15) is 0 Å². The molecule has 17 heavy (non-hydrogen) atoms. The molecule has 1 aromatic heterocycles. The van der Waals surface area contributed by atoms with E-state index in [0.717, 1.165) is 11.3 Å². The first-order valence-corrected chi connectivity index (χ1v) is 6.88. The number of sulfone groups is 1. The zero-order valence-corrected chi connectivity index (χ0v) is 11.4. The van der Waals surface area contributed by atoms with Gasteiger partial charge in [0.25, 0.3) is 0 Å². The Kier molecular flexibility index (Phi) is 4.50. The molecule has 0 bridgehead atoms. The van der Waals surface area contributed by atoms with Gasteiger partial charge in [0.05, 0.1) is 11.1 Å². The summed E-state index contributed by atoms with van der Waals surface area (Å²) >= 11 is 1.12. The molecule has 0 aliphatic carbocycles. The molecule has 0 spiro atoms. The Hall–Kier alpha value is -1.11. The first kappa shape index (κ1) is 14.0. The average molecular weight is 291 g/mol. The number of nitrogens with one attached hydrogen (secondary N) is 1. The van der Waals surface area contributed by atoms with E-state index in [1.165, 1.54) is 6.20 Å². The molecule has 0 fully saturated rings. The molecule has 0 unspecified atom stereocenters. The molecule has 1 N–H and O–H groups in total. The van der Waals surface area contributed by atoms with Crippen molar-refractivity contribution in [2.45, 2.75) is 9.10 Å². The Morgan fingerprint density at radius 2 is 1.88 bits per heavy atom. The van der Waals surface area contributed by atoms with Crippen molar-refractivity contribution in [3.05, 3.63) is 36.5 Å². The number of benzene rings is 1. The highest BCUT2D eigenvalue weighted by Crippen LogP contribution is 2.27. The first-order valence-electron chi connectivity index (χ1n) is 4.58. The molecule has 7 heteroatoms. The minimum atomic E-state index is -3.41. The number of nitrogens with zero attached hydrogens (tertiary/aromatic N) is 1. The van der Waals surface area contributed by atoms with E-state index in [9.17, 15) is 8.42 Å². The number of anilines is 1. The largest absolute Gasteiger partial charge is 0.365 e. The van der Waals surface area contributed by atoms with E-state index < -0.39 is 9.84 Å². The molecule has 0 amide bonds. The van der Waals surface area contributed by atoms with Gasteiger partial charge in [0.1, 0.15) is 4.21 Å². The van der Waals surface area contributed by atoms with E-state index >= 15 is 0 Å². The molecule has 0 atom stereocenters. The summed E-state index contributed by atoms with van der Waals surface area (Å²) in [6.07, 6.45) is 1.37. The molecule has 4 nitrogen and oxygen atoms in total. The quantitative estimate of drug-likeness (QED) is 0.943. The van der Waals surface area contributed by atoms with Gasteiger partial charge >= 0.3 is 0 Å². The summed E-state index contributed by atoms with van der Waals surface area (Å²) in [5.41, 5.74) is 0. The fourth-order valence-electron chi connectivity index (χ4n) is 1.21.